The van der Waals surface area contributed by atoms with Gasteiger partial charge in [0, 0.05) is 5.92 Å². The standard InChI is InChI=1S/C21H20O5S/c1-13-11-15(22)7-9-17(13)21(18-10-8-16(23)12-14(18)2)19-5-3-4-6-20(19)27(24,25)26/h3-12,21-23H,1-2H3,(H,24,25,26). The van der Waals surface area contributed by atoms with E-state index >= 15 is 0 Å². The molecule has 3 rings (SSSR count). The highest BCUT2D eigenvalue weighted by molar-refractivity contribution is 7.85. The molecular formula is C21H20O5S. The quantitative estimate of drug-likeness (QED) is 0.464. The highest BCUT2D eigenvalue weighted by atomic mass is 32.2. The second-order valence-corrected chi connectivity index (χ2v) is 7.92. The third-order valence-corrected chi connectivity index (χ3v) is 5.56. The van der Waals surface area contributed by atoms with Crippen LogP contribution < -0.4 is 0 Å². The van der Waals surface area contributed by atoms with E-state index in [1.807, 2.05) is 13.8 Å². The average molecular weight is 384 g/mol. The van der Waals surface area contributed by atoms with E-state index in [9.17, 15) is 23.2 Å². The topological polar surface area (TPSA) is 94.8 Å². The molecule has 0 saturated carbocycles. The summed E-state index contributed by atoms with van der Waals surface area (Å²) in [5, 5.41) is 19.5. The van der Waals surface area contributed by atoms with Gasteiger partial charge in [0.25, 0.3) is 10.1 Å². The van der Waals surface area contributed by atoms with Crippen molar-refractivity contribution >= 4 is 10.1 Å². The zero-order valence-corrected chi connectivity index (χ0v) is 15.7. The van der Waals surface area contributed by atoms with E-state index in [4.69, 9.17) is 0 Å². The van der Waals surface area contributed by atoms with Gasteiger partial charge in [0.05, 0.1) is 4.90 Å². The summed E-state index contributed by atoms with van der Waals surface area (Å²) in [5.74, 6) is -0.287. The van der Waals surface area contributed by atoms with Gasteiger partial charge in [-0.3, -0.25) is 4.55 Å². The van der Waals surface area contributed by atoms with Crippen LogP contribution in [0.3, 0.4) is 0 Å². The Morgan fingerprint density at radius 2 is 1.22 bits per heavy atom. The Labute approximate surface area is 158 Å². The van der Waals surface area contributed by atoms with E-state index in [1.165, 1.54) is 6.07 Å². The molecule has 0 spiro atoms. The van der Waals surface area contributed by atoms with Crippen molar-refractivity contribution in [3.8, 4) is 11.5 Å². The average Bonchev–Trinajstić information content (AvgIpc) is 2.58. The maximum atomic E-state index is 12.0. The number of aromatic hydroxyl groups is 2. The van der Waals surface area contributed by atoms with Gasteiger partial charge in [-0.05, 0) is 72.0 Å². The van der Waals surface area contributed by atoms with Crippen LogP contribution in [0.2, 0.25) is 0 Å². The second kappa shape index (κ2) is 7.06. The van der Waals surface area contributed by atoms with Crippen molar-refractivity contribution in [3.05, 3.63) is 88.5 Å². The molecule has 3 N–H and O–H groups in total. The van der Waals surface area contributed by atoms with Crippen molar-refractivity contribution in [3.63, 3.8) is 0 Å². The predicted octanol–water partition coefficient (Wildman–Crippen LogP) is 4.14. The lowest BCUT2D eigenvalue weighted by molar-refractivity contribution is 0.473. The Morgan fingerprint density at radius 1 is 0.741 bits per heavy atom. The summed E-state index contributed by atoms with van der Waals surface area (Å²) in [6, 6.07) is 16.1. The largest absolute Gasteiger partial charge is 0.508 e. The Morgan fingerprint density at radius 3 is 1.67 bits per heavy atom. The summed E-state index contributed by atoms with van der Waals surface area (Å²) < 4.78 is 33.7. The summed E-state index contributed by atoms with van der Waals surface area (Å²) in [6.07, 6.45) is 0. The number of benzene rings is 3. The molecule has 27 heavy (non-hydrogen) atoms. The van der Waals surface area contributed by atoms with Crippen LogP contribution in [0.1, 0.15) is 33.7 Å². The minimum atomic E-state index is -4.44. The molecule has 140 valence electrons. The fraction of sp³-hybridized carbons (Fsp3) is 0.143. The molecule has 0 unspecified atom stereocenters. The second-order valence-electron chi connectivity index (χ2n) is 6.53. The lowest BCUT2D eigenvalue weighted by Gasteiger charge is -2.24. The van der Waals surface area contributed by atoms with Crippen molar-refractivity contribution < 1.29 is 23.2 Å². The predicted molar refractivity (Wildman–Crippen MR) is 103 cm³/mol. The number of phenolic OH excluding ortho intramolecular Hbond substituents is 2. The highest BCUT2D eigenvalue weighted by Gasteiger charge is 2.27. The van der Waals surface area contributed by atoms with Crippen molar-refractivity contribution in [2.75, 3.05) is 0 Å². The van der Waals surface area contributed by atoms with Crippen LogP contribution in [0, 0.1) is 13.8 Å². The molecule has 0 heterocycles. The fourth-order valence-corrected chi connectivity index (χ4v) is 4.16. The number of rotatable bonds is 4. The Kier molecular flexibility index (Phi) is 4.95. The summed E-state index contributed by atoms with van der Waals surface area (Å²) in [6.45, 7) is 3.65. The normalized spacial score (nSPS) is 11.7. The smallest absolute Gasteiger partial charge is 0.294 e. The zero-order chi connectivity index (χ0) is 19.8. The van der Waals surface area contributed by atoms with Gasteiger partial charge < -0.3 is 10.2 Å². The van der Waals surface area contributed by atoms with Crippen molar-refractivity contribution in [1.82, 2.24) is 0 Å². The molecule has 0 amide bonds. The van der Waals surface area contributed by atoms with Crippen molar-refractivity contribution in [1.29, 1.82) is 0 Å². The molecule has 3 aromatic rings. The Balaban J connectivity index is 2.36. The molecule has 0 atom stereocenters. The Bertz CT molecular complexity index is 1050. The first-order valence-corrected chi connectivity index (χ1v) is 9.78. The SMILES string of the molecule is Cc1cc(O)ccc1C(c1ccc(O)cc1C)c1ccccc1S(=O)(=O)O. The minimum absolute atomic E-state index is 0.112. The first kappa shape index (κ1) is 18.9. The monoisotopic (exact) mass is 384 g/mol. The summed E-state index contributed by atoms with van der Waals surface area (Å²) >= 11 is 0. The maximum absolute atomic E-state index is 12.0. The van der Waals surface area contributed by atoms with Crippen molar-refractivity contribution in [2.45, 2.75) is 24.7 Å². The van der Waals surface area contributed by atoms with E-state index in [0.29, 0.717) is 5.56 Å². The lowest BCUT2D eigenvalue weighted by Crippen LogP contribution is -2.12. The third-order valence-electron chi connectivity index (χ3n) is 4.64. The van der Waals surface area contributed by atoms with Gasteiger partial charge in [0.1, 0.15) is 11.5 Å². The molecule has 0 aliphatic heterocycles. The van der Waals surface area contributed by atoms with Gasteiger partial charge in [0.2, 0.25) is 0 Å². The molecule has 0 aliphatic carbocycles. The van der Waals surface area contributed by atoms with Crippen LogP contribution in [-0.2, 0) is 10.1 Å². The van der Waals surface area contributed by atoms with Crippen LogP contribution in [-0.4, -0.2) is 23.2 Å². The zero-order valence-electron chi connectivity index (χ0n) is 14.9. The van der Waals surface area contributed by atoms with E-state index in [2.05, 4.69) is 0 Å². The van der Waals surface area contributed by atoms with Gasteiger partial charge in [0.15, 0.2) is 0 Å². The fourth-order valence-electron chi connectivity index (χ4n) is 3.42. The van der Waals surface area contributed by atoms with E-state index in [1.54, 1.807) is 54.6 Å². The lowest BCUT2D eigenvalue weighted by atomic mass is 9.81. The molecule has 0 fully saturated rings. The molecule has 6 heteroatoms. The van der Waals surface area contributed by atoms with Crippen LogP contribution in [0.15, 0.2) is 65.6 Å². The molecule has 0 aromatic heterocycles. The van der Waals surface area contributed by atoms with Crippen LogP contribution in [0.25, 0.3) is 0 Å². The molecule has 0 radical (unpaired) electrons. The molecule has 0 saturated heterocycles. The highest BCUT2D eigenvalue weighted by Crippen LogP contribution is 2.39. The molecular weight excluding hydrogens is 364 g/mol. The van der Waals surface area contributed by atoms with Gasteiger partial charge >= 0.3 is 0 Å². The van der Waals surface area contributed by atoms with E-state index in [0.717, 1.165) is 22.3 Å². The van der Waals surface area contributed by atoms with Gasteiger partial charge in [-0.25, -0.2) is 0 Å². The van der Waals surface area contributed by atoms with E-state index in [-0.39, 0.29) is 16.4 Å². The van der Waals surface area contributed by atoms with Gasteiger partial charge in [-0.2, -0.15) is 8.42 Å². The first-order valence-electron chi connectivity index (χ1n) is 8.34. The van der Waals surface area contributed by atoms with Crippen LogP contribution in [0.4, 0.5) is 0 Å². The summed E-state index contributed by atoms with van der Waals surface area (Å²) in [5.41, 5.74) is 3.55. The maximum Gasteiger partial charge on any atom is 0.294 e. The summed E-state index contributed by atoms with van der Waals surface area (Å²) in [7, 11) is -4.44. The third kappa shape index (κ3) is 3.82. The molecule has 5 nitrogen and oxygen atoms in total. The van der Waals surface area contributed by atoms with Crippen molar-refractivity contribution in [2.24, 2.45) is 0 Å². The minimum Gasteiger partial charge on any atom is -0.508 e. The summed E-state index contributed by atoms with van der Waals surface area (Å²) in [4.78, 5) is -0.171. The number of phenols is 2. The molecule has 0 bridgehead atoms. The van der Waals surface area contributed by atoms with Crippen LogP contribution in [0.5, 0.6) is 11.5 Å². The van der Waals surface area contributed by atoms with E-state index < -0.39 is 16.0 Å². The van der Waals surface area contributed by atoms with Gasteiger partial charge in [-0.15, -0.1) is 0 Å². The molecule has 0 aliphatic rings. The first-order chi connectivity index (χ1) is 12.7. The number of hydrogen-bond acceptors (Lipinski definition) is 4. The molecule has 3 aromatic carbocycles. The van der Waals surface area contributed by atoms with Crippen LogP contribution >= 0.6 is 0 Å². The number of aryl methyl sites for hydroxylation is 2. The number of hydrogen-bond donors (Lipinski definition) is 3. The van der Waals surface area contributed by atoms with Gasteiger partial charge in [-0.1, -0.05) is 30.3 Å². The Hall–Kier alpha value is -2.83.